The van der Waals surface area contributed by atoms with Gasteiger partial charge in [0.15, 0.2) is 11.6 Å². The van der Waals surface area contributed by atoms with E-state index >= 15 is 0 Å². The molecule has 0 aromatic heterocycles. The van der Waals surface area contributed by atoms with Crippen LogP contribution in [0.3, 0.4) is 0 Å². The molecule has 0 saturated heterocycles. The van der Waals surface area contributed by atoms with Crippen LogP contribution in [-0.2, 0) is 0 Å². The Kier molecular flexibility index (Phi) is 4.71. The second-order valence-corrected chi connectivity index (χ2v) is 4.44. The zero-order valence-electron chi connectivity index (χ0n) is 9.61. The van der Waals surface area contributed by atoms with Gasteiger partial charge in [0.2, 0.25) is 0 Å². The van der Waals surface area contributed by atoms with Crippen LogP contribution in [0.25, 0.3) is 0 Å². The zero-order chi connectivity index (χ0) is 12.3. The molecule has 0 aliphatic rings. The normalized spacial score (nSPS) is 11.2. The van der Waals surface area contributed by atoms with Crippen LogP contribution in [0.15, 0.2) is 11.0 Å². The highest BCUT2D eigenvalue weighted by Crippen LogP contribution is 2.33. The summed E-state index contributed by atoms with van der Waals surface area (Å²) in [6.07, 6.45) is 2.87. The standard InChI is InChI=1S/C12H15F3S/c1-4-7(5-2)8-6-9(13)12(16-3)11(15)10(8)14/h6-7H,4-5H2,1-3H3. The molecule has 0 spiro atoms. The molecule has 4 heteroatoms. The molecule has 0 N–H and O–H groups in total. The fourth-order valence-electron chi connectivity index (χ4n) is 1.81. The molecule has 0 atom stereocenters. The Morgan fingerprint density at radius 1 is 1.12 bits per heavy atom. The van der Waals surface area contributed by atoms with Crippen LogP contribution in [0.4, 0.5) is 13.2 Å². The summed E-state index contributed by atoms with van der Waals surface area (Å²) < 4.78 is 40.7. The van der Waals surface area contributed by atoms with Crippen molar-refractivity contribution in [3.63, 3.8) is 0 Å². The van der Waals surface area contributed by atoms with E-state index in [-0.39, 0.29) is 16.4 Å². The molecule has 1 aromatic rings. The summed E-state index contributed by atoms with van der Waals surface area (Å²) in [5.74, 6) is -2.76. The Hall–Kier alpha value is -0.640. The van der Waals surface area contributed by atoms with Crippen LogP contribution in [0, 0.1) is 17.5 Å². The molecule has 0 bridgehead atoms. The van der Waals surface area contributed by atoms with Crippen molar-refractivity contribution in [3.05, 3.63) is 29.1 Å². The Morgan fingerprint density at radius 2 is 1.69 bits per heavy atom. The molecule has 0 radical (unpaired) electrons. The number of hydrogen-bond acceptors (Lipinski definition) is 1. The molecule has 0 fully saturated rings. The maximum Gasteiger partial charge on any atom is 0.175 e. The van der Waals surface area contributed by atoms with Crippen LogP contribution >= 0.6 is 11.8 Å². The van der Waals surface area contributed by atoms with E-state index in [9.17, 15) is 13.2 Å². The van der Waals surface area contributed by atoms with E-state index in [4.69, 9.17) is 0 Å². The number of halogens is 3. The fraction of sp³-hybridized carbons (Fsp3) is 0.500. The second-order valence-electron chi connectivity index (χ2n) is 3.62. The highest BCUT2D eigenvalue weighted by molar-refractivity contribution is 7.98. The van der Waals surface area contributed by atoms with Crippen molar-refractivity contribution in [1.82, 2.24) is 0 Å². The van der Waals surface area contributed by atoms with Gasteiger partial charge in [-0.2, -0.15) is 0 Å². The molecule has 0 saturated carbocycles. The minimum Gasteiger partial charge on any atom is -0.206 e. The zero-order valence-corrected chi connectivity index (χ0v) is 10.4. The van der Waals surface area contributed by atoms with Gasteiger partial charge in [0, 0.05) is 0 Å². The van der Waals surface area contributed by atoms with Crippen molar-refractivity contribution in [1.29, 1.82) is 0 Å². The van der Waals surface area contributed by atoms with E-state index in [0.717, 1.165) is 17.8 Å². The van der Waals surface area contributed by atoms with Gasteiger partial charge in [-0.15, -0.1) is 11.8 Å². The molecular weight excluding hydrogens is 233 g/mol. The molecule has 90 valence electrons. The number of rotatable bonds is 4. The number of hydrogen-bond donors (Lipinski definition) is 0. The lowest BCUT2D eigenvalue weighted by Crippen LogP contribution is -2.04. The van der Waals surface area contributed by atoms with Gasteiger partial charge < -0.3 is 0 Å². The van der Waals surface area contributed by atoms with Gasteiger partial charge in [0.05, 0.1) is 4.90 Å². The summed E-state index contributed by atoms with van der Waals surface area (Å²) in [4.78, 5) is -0.243. The van der Waals surface area contributed by atoms with Gasteiger partial charge in [0.1, 0.15) is 5.82 Å². The smallest absolute Gasteiger partial charge is 0.175 e. The Morgan fingerprint density at radius 3 is 2.12 bits per heavy atom. The second kappa shape index (κ2) is 5.62. The quantitative estimate of drug-likeness (QED) is 0.548. The molecule has 0 aliphatic carbocycles. The van der Waals surface area contributed by atoms with E-state index in [1.165, 1.54) is 6.26 Å². The summed E-state index contributed by atoms with van der Waals surface area (Å²) in [7, 11) is 0. The van der Waals surface area contributed by atoms with E-state index in [1.807, 2.05) is 13.8 Å². The van der Waals surface area contributed by atoms with Gasteiger partial charge in [-0.3, -0.25) is 0 Å². The first-order chi connectivity index (χ1) is 7.56. The van der Waals surface area contributed by atoms with Crippen molar-refractivity contribution in [2.24, 2.45) is 0 Å². The van der Waals surface area contributed by atoms with Crippen LogP contribution < -0.4 is 0 Å². The molecule has 1 aromatic carbocycles. The maximum atomic E-state index is 13.7. The van der Waals surface area contributed by atoms with Gasteiger partial charge in [-0.05, 0) is 36.6 Å². The van der Waals surface area contributed by atoms with E-state index in [2.05, 4.69) is 0 Å². The first kappa shape index (κ1) is 13.4. The van der Waals surface area contributed by atoms with Crippen LogP contribution in [-0.4, -0.2) is 6.26 Å². The average molecular weight is 248 g/mol. The van der Waals surface area contributed by atoms with Gasteiger partial charge in [0.25, 0.3) is 0 Å². The molecule has 0 nitrogen and oxygen atoms in total. The van der Waals surface area contributed by atoms with E-state index in [0.29, 0.717) is 12.8 Å². The SMILES string of the molecule is CCC(CC)c1cc(F)c(SC)c(F)c1F. The van der Waals surface area contributed by atoms with Crippen LogP contribution in [0.1, 0.15) is 38.2 Å². The number of benzene rings is 1. The monoisotopic (exact) mass is 248 g/mol. The highest BCUT2D eigenvalue weighted by atomic mass is 32.2. The largest absolute Gasteiger partial charge is 0.206 e. The Balaban J connectivity index is 3.32. The molecule has 1 rings (SSSR count). The third-order valence-corrected chi connectivity index (χ3v) is 3.56. The average Bonchev–Trinajstić information content (AvgIpc) is 2.27. The van der Waals surface area contributed by atoms with Crippen molar-refractivity contribution in [2.75, 3.05) is 6.26 Å². The topological polar surface area (TPSA) is 0 Å². The first-order valence-electron chi connectivity index (χ1n) is 5.28. The molecule has 0 unspecified atom stereocenters. The number of thioether (sulfide) groups is 1. The van der Waals surface area contributed by atoms with Crippen molar-refractivity contribution < 1.29 is 13.2 Å². The predicted octanol–water partition coefficient (Wildman–Crippen LogP) is 4.73. The lowest BCUT2D eigenvalue weighted by Gasteiger charge is -2.15. The van der Waals surface area contributed by atoms with Crippen molar-refractivity contribution >= 4 is 11.8 Å². The van der Waals surface area contributed by atoms with Gasteiger partial charge in [-0.25, -0.2) is 13.2 Å². The lowest BCUT2D eigenvalue weighted by molar-refractivity contribution is 0.445. The van der Waals surface area contributed by atoms with Gasteiger partial charge >= 0.3 is 0 Å². The van der Waals surface area contributed by atoms with Crippen molar-refractivity contribution in [3.8, 4) is 0 Å². The maximum absolute atomic E-state index is 13.7. The minimum absolute atomic E-state index is 0.125. The summed E-state index contributed by atoms with van der Waals surface area (Å²) >= 11 is 0.882. The van der Waals surface area contributed by atoms with Crippen LogP contribution in [0.5, 0.6) is 0 Å². The fourth-order valence-corrected chi connectivity index (χ4v) is 2.33. The molecule has 0 heterocycles. The third kappa shape index (κ3) is 2.37. The minimum atomic E-state index is -1.06. The summed E-state index contributed by atoms with van der Waals surface area (Å²) in [6.45, 7) is 3.76. The molecule has 16 heavy (non-hydrogen) atoms. The lowest BCUT2D eigenvalue weighted by atomic mass is 9.93. The highest BCUT2D eigenvalue weighted by Gasteiger charge is 2.21. The Bertz CT molecular complexity index is 373. The van der Waals surface area contributed by atoms with E-state index in [1.54, 1.807) is 0 Å². The van der Waals surface area contributed by atoms with E-state index < -0.39 is 17.5 Å². The van der Waals surface area contributed by atoms with Gasteiger partial charge in [-0.1, -0.05) is 13.8 Å². The van der Waals surface area contributed by atoms with Crippen molar-refractivity contribution in [2.45, 2.75) is 37.5 Å². The third-order valence-electron chi connectivity index (χ3n) is 2.77. The first-order valence-corrected chi connectivity index (χ1v) is 6.50. The molecule has 0 aliphatic heterocycles. The molecular formula is C12H15F3S. The molecule has 0 amide bonds. The summed E-state index contributed by atoms with van der Waals surface area (Å²) in [6, 6.07) is 1.13. The predicted molar refractivity (Wildman–Crippen MR) is 61.4 cm³/mol. The Labute approximate surface area is 98.2 Å². The van der Waals surface area contributed by atoms with Crippen LogP contribution in [0.2, 0.25) is 0 Å². The summed E-state index contributed by atoms with van der Waals surface area (Å²) in [5.41, 5.74) is 0.151. The summed E-state index contributed by atoms with van der Waals surface area (Å²) in [5, 5.41) is 0.